The van der Waals surface area contributed by atoms with Gasteiger partial charge in [0.25, 0.3) is 0 Å². The van der Waals surface area contributed by atoms with Crippen molar-refractivity contribution in [3.05, 3.63) is 46.7 Å². The van der Waals surface area contributed by atoms with Gasteiger partial charge in [0.15, 0.2) is 0 Å². The minimum atomic E-state index is -3.83. The molecule has 1 aliphatic rings. The topological polar surface area (TPSA) is 104 Å². The largest absolute Gasteiger partial charge is 0.295 e. The van der Waals surface area contributed by atoms with Crippen molar-refractivity contribution in [3.63, 3.8) is 0 Å². The molecule has 1 fully saturated rings. The van der Waals surface area contributed by atoms with Gasteiger partial charge in [-0.2, -0.15) is 0 Å². The van der Waals surface area contributed by atoms with Gasteiger partial charge in [-0.15, -0.1) is 11.3 Å². The quantitative estimate of drug-likeness (QED) is 0.569. The first-order valence-corrected chi connectivity index (χ1v) is 14.3. The lowest BCUT2D eigenvalue weighted by Gasteiger charge is -2.29. The summed E-state index contributed by atoms with van der Waals surface area (Å²) in [7, 11) is -7.62. The number of nitrogens with zero attached hydrogens (tertiary/aromatic N) is 2. The van der Waals surface area contributed by atoms with E-state index < -0.39 is 31.4 Å². The Kier molecular flexibility index (Phi) is 7.16. The van der Waals surface area contributed by atoms with Crippen LogP contribution in [-0.2, 0) is 24.8 Å². The third kappa shape index (κ3) is 4.91. The molecule has 1 aromatic carbocycles. The van der Waals surface area contributed by atoms with Crippen LogP contribution in [0.2, 0.25) is 0 Å². The van der Waals surface area contributed by atoms with E-state index in [0.717, 1.165) is 22.3 Å². The van der Waals surface area contributed by atoms with Gasteiger partial charge in [-0.3, -0.25) is 9.69 Å². The van der Waals surface area contributed by atoms with E-state index in [-0.39, 0.29) is 28.9 Å². The molecule has 1 atom stereocenters. The van der Waals surface area contributed by atoms with Crippen molar-refractivity contribution in [1.82, 2.24) is 9.62 Å². The average Bonchev–Trinajstić information content (AvgIpc) is 3.30. The van der Waals surface area contributed by atoms with Gasteiger partial charge in [0, 0.05) is 11.4 Å². The molecule has 1 aromatic heterocycles. The fraction of sp³-hybridized carbons (Fsp3) is 0.476. The van der Waals surface area contributed by atoms with Crippen LogP contribution in [-0.4, -0.2) is 53.0 Å². The predicted octanol–water partition coefficient (Wildman–Crippen LogP) is 2.81. The molecule has 0 radical (unpaired) electrons. The maximum atomic E-state index is 12.9. The molecule has 1 aliphatic heterocycles. The zero-order valence-electron chi connectivity index (χ0n) is 18.6. The van der Waals surface area contributed by atoms with Crippen LogP contribution >= 0.6 is 11.3 Å². The van der Waals surface area contributed by atoms with E-state index in [0.29, 0.717) is 0 Å². The average molecular weight is 500 g/mol. The van der Waals surface area contributed by atoms with Crippen molar-refractivity contribution in [2.24, 2.45) is 5.41 Å². The Bertz CT molecular complexity index is 1150. The molecular formula is C21H29N3O5S3. The number of carbonyl (C=O) groups is 1. The first-order chi connectivity index (χ1) is 14.9. The Morgan fingerprint density at radius 3 is 2.25 bits per heavy atom. The Morgan fingerprint density at radius 1 is 1.16 bits per heavy atom. The van der Waals surface area contributed by atoms with Crippen molar-refractivity contribution in [2.75, 3.05) is 29.7 Å². The normalized spacial score (nSPS) is 18.9. The lowest BCUT2D eigenvalue weighted by Crippen LogP contribution is -2.37. The molecule has 8 nitrogen and oxygen atoms in total. The Balaban J connectivity index is 1.80. The molecule has 0 saturated carbocycles. The number of benzene rings is 1. The van der Waals surface area contributed by atoms with Gasteiger partial charge in [0.2, 0.25) is 26.0 Å². The van der Waals surface area contributed by atoms with Crippen molar-refractivity contribution < 1.29 is 21.6 Å². The van der Waals surface area contributed by atoms with Crippen LogP contribution in [0.3, 0.4) is 0 Å². The summed E-state index contributed by atoms with van der Waals surface area (Å²) in [6, 6.07) is 9.20. The molecule has 2 aromatic rings. The van der Waals surface area contributed by atoms with Crippen LogP contribution in [0.1, 0.15) is 38.6 Å². The minimum Gasteiger partial charge on any atom is -0.295 e. The van der Waals surface area contributed by atoms with E-state index in [1.54, 1.807) is 25.2 Å². The second kappa shape index (κ2) is 9.22. The summed E-state index contributed by atoms with van der Waals surface area (Å²) in [5.74, 6) is -0.806. The maximum Gasteiger partial charge on any atom is 0.247 e. The Hall–Kier alpha value is -1.79. The minimum absolute atomic E-state index is 0.00836. The van der Waals surface area contributed by atoms with Crippen LogP contribution in [0.4, 0.5) is 5.69 Å². The second-order valence-electron chi connectivity index (χ2n) is 8.31. The van der Waals surface area contributed by atoms with Crippen molar-refractivity contribution in [2.45, 2.75) is 38.6 Å². The highest BCUT2D eigenvalue weighted by Crippen LogP contribution is 2.36. The highest BCUT2D eigenvalue weighted by atomic mass is 32.2. The number of thiophene rings is 1. The molecule has 32 heavy (non-hydrogen) atoms. The van der Waals surface area contributed by atoms with Crippen LogP contribution in [0.5, 0.6) is 0 Å². The SMILES string of the molecule is CCN(CC)C(CNS(=O)(=O)c1ccc(N2C(=O)C(C)(C)CS2(=O)=O)cc1)c1cccs1. The van der Waals surface area contributed by atoms with Crippen molar-refractivity contribution in [3.8, 4) is 0 Å². The fourth-order valence-corrected chi connectivity index (χ4v) is 7.86. The fourth-order valence-electron chi connectivity index (χ4n) is 3.85. The van der Waals surface area contributed by atoms with Gasteiger partial charge in [-0.25, -0.2) is 25.9 Å². The summed E-state index contributed by atoms with van der Waals surface area (Å²) in [5, 5.41) is 1.97. The number of sulfonamides is 2. The number of amides is 1. The smallest absolute Gasteiger partial charge is 0.247 e. The number of anilines is 1. The van der Waals surface area contributed by atoms with Crippen LogP contribution in [0, 0.1) is 5.41 Å². The van der Waals surface area contributed by atoms with Gasteiger partial charge >= 0.3 is 0 Å². The molecule has 1 N–H and O–H groups in total. The van der Waals surface area contributed by atoms with E-state index in [4.69, 9.17) is 0 Å². The number of rotatable bonds is 9. The highest BCUT2D eigenvalue weighted by molar-refractivity contribution is 7.94. The zero-order chi connectivity index (χ0) is 23.7. The number of hydrogen-bond donors (Lipinski definition) is 1. The molecule has 1 unspecified atom stereocenters. The molecule has 0 spiro atoms. The number of nitrogens with one attached hydrogen (secondary N) is 1. The van der Waals surface area contributed by atoms with Gasteiger partial charge in [0.1, 0.15) is 0 Å². The van der Waals surface area contributed by atoms with Gasteiger partial charge < -0.3 is 0 Å². The summed E-state index contributed by atoms with van der Waals surface area (Å²) < 4.78 is 54.2. The van der Waals surface area contributed by atoms with Gasteiger partial charge in [-0.1, -0.05) is 19.9 Å². The number of carbonyl (C=O) groups excluding carboxylic acids is 1. The van der Waals surface area contributed by atoms with Crippen molar-refractivity contribution in [1.29, 1.82) is 0 Å². The highest BCUT2D eigenvalue weighted by Gasteiger charge is 2.49. The van der Waals surface area contributed by atoms with Gasteiger partial charge in [0.05, 0.1) is 27.8 Å². The van der Waals surface area contributed by atoms with Gasteiger partial charge in [-0.05, 0) is 62.6 Å². The monoisotopic (exact) mass is 499 g/mol. The molecule has 3 rings (SSSR count). The number of hydrogen-bond acceptors (Lipinski definition) is 7. The van der Waals surface area contributed by atoms with E-state index in [2.05, 4.69) is 9.62 Å². The van der Waals surface area contributed by atoms with Crippen LogP contribution in [0.25, 0.3) is 0 Å². The van der Waals surface area contributed by atoms with Crippen molar-refractivity contribution >= 4 is 43.0 Å². The summed E-state index contributed by atoms with van der Waals surface area (Å²) in [6.45, 7) is 9.00. The third-order valence-corrected chi connectivity index (χ3v) is 9.99. The lowest BCUT2D eigenvalue weighted by molar-refractivity contribution is -0.123. The molecule has 1 saturated heterocycles. The summed E-state index contributed by atoms with van der Waals surface area (Å²) >= 11 is 1.58. The second-order valence-corrected chi connectivity index (χ2v) is 12.9. The maximum absolute atomic E-state index is 12.9. The lowest BCUT2D eigenvalue weighted by atomic mass is 9.95. The Labute approximate surface area is 194 Å². The first kappa shape index (κ1) is 24.8. The van der Waals surface area contributed by atoms with E-state index >= 15 is 0 Å². The molecule has 2 heterocycles. The third-order valence-electron chi connectivity index (χ3n) is 5.56. The molecule has 1 amide bonds. The van der Waals surface area contributed by atoms with Crippen LogP contribution < -0.4 is 9.03 Å². The molecular weight excluding hydrogens is 470 g/mol. The standard InChI is InChI=1S/C21H29N3O5S3/c1-5-23(6-2)18(19-8-7-13-30-19)14-22-32(28,29)17-11-9-16(10-12-17)24-20(25)21(3,4)15-31(24,26)27/h7-13,18,22H,5-6,14-15H2,1-4H3. The predicted molar refractivity (Wildman–Crippen MR) is 127 cm³/mol. The molecule has 0 aliphatic carbocycles. The Morgan fingerprint density at radius 2 is 1.78 bits per heavy atom. The first-order valence-electron chi connectivity index (χ1n) is 10.4. The molecule has 176 valence electrons. The van der Waals surface area contributed by atoms with E-state index in [9.17, 15) is 21.6 Å². The molecule has 0 bridgehead atoms. The van der Waals surface area contributed by atoms with E-state index in [1.165, 1.54) is 24.3 Å². The van der Waals surface area contributed by atoms with E-state index in [1.807, 2.05) is 31.4 Å². The summed E-state index contributed by atoms with van der Waals surface area (Å²) in [6.07, 6.45) is 0. The van der Waals surface area contributed by atoms with Crippen LogP contribution in [0.15, 0.2) is 46.7 Å². The zero-order valence-corrected chi connectivity index (χ0v) is 21.1. The summed E-state index contributed by atoms with van der Waals surface area (Å²) in [4.78, 5) is 15.8. The molecule has 11 heteroatoms. The summed E-state index contributed by atoms with van der Waals surface area (Å²) in [5.41, 5.74) is -0.883. The number of likely N-dealkylation sites (N-methyl/N-ethyl adjacent to an activating group) is 1.